The lowest BCUT2D eigenvalue weighted by molar-refractivity contribution is -0.131. The predicted molar refractivity (Wildman–Crippen MR) is 126 cm³/mol. The van der Waals surface area contributed by atoms with Crippen molar-refractivity contribution in [3.05, 3.63) is 75.6 Å². The molecule has 0 atom stereocenters. The molecule has 0 bridgehead atoms. The van der Waals surface area contributed by atoms with Gasteiger partial charge >= 0.3 is 0 Å². The van der Waals surface area contributed by atoms with Gasteiger partial charge in [-0.2, -0.15) is 0 Å². The molecule has 2 aliphatic rings. The summed E-state index contributed by atoms with van der Waals surface area (Å²) in [6, 6.07) is 16.5. The Kier molecular flexibility index (Phi) is 5.79. The second-order valence-corrected chi connectivity index (χ2v) is 9.89. The van der Waals surface area contributed by atoms with Crippen LogP contribution in [-0.4, -0.2) is 33.8 Å². The fourth-order valence-electron chi connectivity index (χ4n) is 3.83. The zero-order valence-electron chi connectivity index (χ0n) is 18.2. The molecule has 3 aromatic rings. The van der Waals surface area contributed by atoms with Crippen LogP contribution < -0.4 is 5.32 Å². The summed E-state index contributed by atoms with van der Waals surface area (Å²) in [5, 5.41) is 6.13. The quantitative estimate of drug-likeness (QED) is 0.545. The highest BCUT2D eigenvalue weighted by Gasteiger charge is 2.32. The summed E-state index contributed by atoms with van der Waals surface area (Å²) >= 11 is 1.64. The maximum Gasteiger partial charge on any atom is 0.251 e. The van der Waals surface area contributed by atoms with Gasteiger partial charge in [0.1, 0.15) is 0 Å². The van der Waals surface area contributed by atoms with Crippen LogP contribution in [0.25, 0.3) is 11.3 Å². The van der Waals surface area contributed by atoms with E-state index in [4.69, 9.17) is 0 Å². The Morgan fingerprint density at radius 3 is 2.28 bits per heavy atom. The average Bonchev–Trinajstić information content (AvgIpc) is 3.73. The Hall–Kier alpha value is -2.99. The second kappa shape index (κ2) is 8.87. The predicted octanol–water partition coefficient (Wildman–Crippen LogP) is 4.74. The third kappa shape index (κ3) is 5.07. The molecule has 164 valence electrons. The van der Waals surface area contributed by atoms with Gasteiger partial charge in [-0.1, -0.05) is 36.4 Å². The van der Waals surface area contributed by atoms with Crippen LogP contribution >= 0.6 is 11.3 Å². The third-order valence-corrected chi connectivity index (χ3v) is 6.79. The smallest absolute Gasteiger partial charge is 0.251 e. The van der Waals surface area contributed by atoms with E-state index in [2.05, 4.69) is 15.7 Å². The van der Waals surface area contributed by atoms with Crippen molar-refractivity contribution < 1.29 is 9.59 Å². The van der Waals surface area contributed by atoms with Crippen LogP contribution in [0, 0.1) is 6.92 Å². The topological polar surface area (TPSA) is 62.3 Å². The van der Waals surface area contributed by atoms with E-state index >= 15 is 0 Å². The van der Waals surface area contributed by atoms with Crippen LogP contribution in [0.3, 0.4) is 0 Å². The summed E-state index contributed by atoms with van der Waals surface area (Å²) in [5.41, 5.74) is 4.82. The molecular formula is C26H27N3O2S. The SMILES string of the molecule is Cc1nc(-c2ccc(CC(=O)N(Cc3ccc(C(=O)NC4CC4)cc3)C3CC3)cc2)cs1. The Morgan fingerprint density at radius 1 is 1.00 bits per heavy atom. The molecule has 2 aromatic carbocycles. The first kappa shape index (κ1) is 20.9. The van der Waals surface area contributed by atoms with Crippen LogP contribution in [0.5, 0.6) is 0 Å². The number of hydrogen-bond donors (Lipinski definition) is 1. The summed E-state index contributed by atoms with van der Waals surface area (Å²) in [6.45, 7) is 2.59. The molecule has 5 nitrogen and oxygen atoms in total. The fourth-order valence-corrected chi connectivity index (χ4v) is 4.45. The zero-order chi connectivity index (χ0) is 22.1. The van der Waals surface area contributed by atoms with Gasteiger partial charge in [0.25, 0.3) is 5.91 Å². The average molecular weight is 446 g/mol. The van der Waals surface area contributed by atoms with Crippen LogP contribution in [-0.2, 0) is 17.8 Å². The molecule has 0 aliphatic heterocycles. The van der Waals surface area contributed by atoms with E-state index in [0.29, 0.717) is 30.6 Å². The molecule has 0 spiro atoms. The molecule has 0 radical (unpaired) electrons. The summed E-state index contributed by atoms with van der Waals surface area (Å²) in [7, 11) is 0. The molecule has 0 unspecified atom stereocenters. The van der Waals surface area contributed by atoms with Crippen molar-refractivity contribution in [3.63, 3.8) is 0 Å². The number of carbonyl (C=O) groups is 2. The molecule has 2 saturated carbocycles. The minimum Gasteiger partial charge on any atom is -0.349 e. The van der Waals surface area contributed by atoms with Gasteiger partial charge in [0.05, 0.1) is 17.1 Å². The van der Waals surface area contributed by atoms with Crippen molar-refractivity contribution in [2.45, 2.75) is 57.7 Å². The number of aromatic nitrogens is 1. The molecule has 5 rings (SSSR count). The highest BCUT2D eigenvalue weighted by atomic mass is 32.1. The van der Waals surface area contributed by atoms with Gasteiger partial charge < -0.3 is 10.2 Å². The number of carbonyl (C=O) groups excluding carboxylic acids is 2. The lowest BCUT2D eigenvalue weighted by Gasteiger charge is -2.23. The Morgan fingerprint density at radius 2 is 1.69 bits per heavy atom. The third-order valence-electron chi connectivity index (χ3n) is 6.01. The van der Waals surface area contributed by atoms with Crippen molar-refractivity contribution in [1.29, 1.82) is 0 Å². The van der Waals surface area contributed by atoms with Gasteiger partial charge in [0, 0.05) is 35.1 Å². The first-order chi connectivity index (χ1) is 15.5. The fraction of sp³-hybridized carbons (Fsp3) is 0.346. The van der Waals surface area contributed by atoms with E-state index in [1.165, 1.54) is 0 Å². The monoisotopic (exact) mass is 445 g/mol. The molecule has 2 amide bonds. The Balaban J connectivity index is 1.22. The Bertz CT molecular complexity index is 1110. The number of aryl methyl sites for hydroxylation is 1. The van der Waals surface area contributed by atoms with E-state index in [9.17, 15) is 9.59 Å². The van der Waals surface area contributed by atoms with Gasteiger partial charge in [-0.15, -0.1) is 11.3 Å². The highest BCUT2D eigenvalue weighted by molar-refractivity contribution is 7.09. The molecule has 2 fully saturated rings. The van der Waals surface area contributed by atoms with Crippen LogP contribution in [0.1, 0.15) is 52.2 Å². The first-order valence-corrected chi connectivity index (χ1v) is 12.1. The van der Waals surface area contributed by atoms with Crippen molar-refractivity contribution in [1.82, 2.24) is 15.2 Å². The van der Waals surface area contributed by atoms with E-state index in [-0.39, 0.29) is 11.8 Å². The number of amides is 2. The van der Waals surface area contributed by atoms with Crippen LogP contribution in [0.4, 0.5) is 0 Å². The normalized spacial score (nSPS) is 15.4. The zero-order valence-corrected chi connectivity index (χ0v) is 19.0. The largest absolute Gasteiger partial charge is 0.349 e. The standard InChI is InChI=1S/C26H27N3O2S/c1-17-27-24(16-32-17)20-6-2-18(3-7-20)14-25(30)29(23-12-13-23)15-19-4-8-21(9-5-19)26(31)28-22-10-11-22/h2-9,16,22-23H,10-15H2,1H3,(H,28,31). The molecular weight excluding hydrogens is 418 g/mol. The van der Waals surface area contributed by atoms with E-state index in [1.54, 1.807) is 11.3 Å². The first-order valence-electron chi connectivity index (χ1n) is 11.3. The number of hydrogen-bond acceptors (Lipinski definition) is 4. The maximum absolute atomic E-state index is 13.1. The molecule has 0 saturated heterocycles. The van der Waals surface area contributed by atoms with Gasteiger partial charge in [-0.25, -0.2) is 4.98 Å². The maximum atomic E-state index is 13.1. The molecule has 2 aliphatic carbocycles. The summed E-state index contributed by atoms with van der Waals surface area (Å²) < 4.78 is 0. The van der Waals surface area contributed by atoms with Crippen molar-refractivity contribution in [2.24, 2.45) is 0 Å². The van der Waals surface area contributed by atoms with Gasteiger partial charge in [0.15, 0.2) is 0 Å². The van der Waals surface area contributed by atoms with E-state index in [1.807, 2.05) is 60.4 Å². The van der Waals surface area contributed by atoms with Crippen LogP contribution in [0.15, 0.2) is 53.9 Å². The molecule has 32 heavy (non-hydrogen) atoms. The molecule has 1 heterocycles. The lowest BCUT2D eigenvalue weighted by atomic mass is 10.1. The molecule has 6 heteroatoms. The highest BCUT2D eigenvalue weighted by Crippen LogP contribution is 2.29. The molecule has 1 aromatic heterocycles. The minimum absolute atomic E-state index is 0.00886. The number of thiazole rings is 1. The lowest BCUT2D eigenvalue weighted by Crippen LogP contribution is -2.33. The minimum atomic E-state index is -0.00886. The second-order valence-electron chi connectivity index (χ2n) is 8.82. The number of rotatable bonds is 8. The van der Waals surface area contributed by atoms with Crippen molar-refractivity contribution in [3.8, 4) is 11.3 Å². The van der Waals surface area contributed by atoms with Gasteiger partial charge in [-0.05, 0) is 55.9 Å². The van der Waals surface area contributed by atoms with E-state index < -0.39 is 0 Å². The molecule has 1 N–H and O–H groups in total. The van der Waals surface area contributed by atoms with E-state index in [0.717, 1.165) is 53.1 Å². The number of nitrogens with zero attached hydrogens (tertiary/aromatic N) is 2. The summed E-state index contributed by atoms with van der Waals surface area (Å²) in [4.78, 5) is 31.8. The van der Waals surface area contributed by atoms with Crippen molar-refractivity contribution in [2.75, 3.05) is 0 Å². The number of nitrogens with one attached hydrogen (secondary N) is 1. The summed E-state index contributed by atoms with van der Waals surface area (Å²) in [6.07, 6.45) is 4.69. The van der Waals surface area contributed by atoms with Gasteiger partial charge in [-0.3, -0.25) is 9.59 Å². The van der Waals surface area contributed by atoms with Crippen LogP contribution in [0.2, 0.25) is 0 Å². The number of benzene rings is 2. The Labute approximate surface area is 192 Å². The van der Waals surface area contributed by atoms with Crippen molar-refractivity contribution >= 4 is 23.2 Å². The van der Waals surface area contributed by atoms with Gasteiger partial charge in [0.2, 0.25) is 5.91 Å². The summed E-state index contributed by atoms with van der Waals surface area (Å²) in [5.74, 6) is 0.144.